The summed E-state index contributed by atoms with van der Waals surface area (Å²) in [6.45, 7) is 2.89. The van der Waals surface area contributed by atoms with Gasteiger partial charge in [-0.15, -0.1) is 13.2 Å². The van der Waals surface area contributed by atoms with E-state index in [2.05, 4.69) is 9.46 Å². The first-order valence-electron chi connectivity index (χ1n) is 7.09. The molecule has 9 heteroatoms. The zero-order valence-corrected chi connectivity index (χ0v) is 14.9. The molecule has 0 atom stereocenters. The third-order valence-corrected chi connectivity index (χ3v) is 5.35. The number of alkyl halides is 3. The smallest absolute Gasteiger partial charge is 0.405 e. The van der Waals surface area contributed by atoms with E-state index in [9.17, 15) is 21.6 Å². The van der Waals surface area contributed by atoms with Gasteiger partial charge in [0, 0.05) is 17.1 Å². The highest BCUT2D eigenvalue weighted by molar-refractivity contribution is 7.89. The van der Waals surface area contributed by atoms with Gasteiger partial charge in [0.1, 0.15) is 5.75 Å². The summed E-state index contributed by atoms with van der Waals surface area (Å²) in [6.07, 6.45) is -4.86. The summed E-state index contributed by atoms with van der Waals surface area (Å²) in [5, 5.41) is 0.431. The minimum atomic E-state index is -4.86. The van der Waals surface area contributed by atoms with Gasteiger partial charge in [-0.2, -0.15) is 0 Å². The molecule has 1 N–H and O–H groups in total. The maximum atomic E-state index is 12.5. The lowest BCUT2D eigenvalue weighted by Crippen LogP contribution is -2.25. The van der Waals surface area contributed by atoms with E-state index in [0.29, 0.717) is 16.1 Å². The van der Waals surface area contributed by atoms with E-state index in [1.54, 1.807) is 13.8 Å². The summed E-state index contributed by atoms with van der Waals surface area (Å²) >= 11 is 5.95. The summed E-state index contributed by atoms with van der Waals surface area (Å²) in [7, 11) is -3.93. The quantitative estimate of drug-likeness (QED) is 0.822. The number of hydrogen-bond donors (Lipinski definition) is 1. The number of rotatable bonds is 5. The minimum absolute atomic E-state index is 0.0172. The van der Waals surface area contributed by atoms with Crippen LogP contribution in [0.25, 0.3) is 0 Å². The second-order valence-corrected chi connectivity index (χ2v) is 7.49. The Morgan fingerprint density at radius 1 is 1.12 bits per heavy atom. The van der Waals surface area contributed by atoms with Crippen LogP contribution in [0.1, 0.15) is 16.7 Å². The number of nitrogens with one attached hydrogen (secondary N) is 1. The van der Waals surface area contributed by atoms with Crippen molar-refractivity contribution in [3.8, 4) is 5.75 Å². The van der Waals surface area contributed by atoms with Crippen molar-refractivity contribution in [1.29, 1.82) is 0 Å². The molecule has 2 aromatic rings. The standard InChI is InChI=1S/C16H15ClF3NO3S/c1-10-8-15(11(2)7-13(10)17)25(22,23)21-9-12-5-3-4-6-14(12)24-16(18,19)20/h3-8,21H,9H2,1-2H3. The highest BCUT2D eigenvalue weighted by Crippen LogP contribution is 2.27. The van der Waals surface area contributed by atoms with Crippen LogP contribution in [0.5, 0.6) is 5.75 Å². The van der Waals surface area contributed by atoms with Crippen molar-refractivity contribution in [3.05, 3.63) is 58.1 Å². The Labute approximate surface area is 148 Å². The van der Waals surface area contributed by atoms with Gasteiger partial charge in [-0.05, 0) is 43.2 Å². The summed E-state index contributed by atoms with van der Waals surface area (Å²) in [6, 6.07) is 8.26. The third-order valence-electron chi connectivity index (χ3n) is 3.40. The van der Waals surface area contributed by atoms with Crippen LogP contribution in [0, 0.1) is 13.8 Å². The highest BCUT2D eigenvalue weighted by atomic mass is 35.5. The first kappa shape index (κ1) is 19.6. The Kier molecular flexibility index (Phi) is 5.65. The number of benzene rings is 2. The van der Waals surface area contributed by atoms with Crippen LogP contribution in [-0.2, 0) is 16.6 Å². The van der Waals surface area contributed by atoms with Gasteiger partial charge in [0.2, 0.25) is 10.0 Å². The van der Waals surface area contributed by atoms with Crippen molar-refractivity contribution in [1.82, 2.24) is 4.72 Å². The predicted molar refractivity (Wildman–Crippen MR) is 88.1 cm³/mol. The molecule has 4 nitrogen and oxygen atoms in total. The molecule has 0 aliphatic rings. The van der Waals surface area contributed by atoms with Crippen molar-refractivity contribution < 1.29 is 26.3 Å². The van der Waals surface area contributed by atoms with E-state index in [4.69, 9.17) is 11.6 Å². The fraction of sp³-hybridized carbons (Fsp3) is 0.250. The van der Waals surface area contributed by atoms with Gasteiger partial charge in [0.05, 0.1) is 4.90 Å². The number of halogens is 4. The lowest BCUT2D eigenvalue weighted by molar-refractivity contribution is -0.274. The molecule has 2 aromatic carbocycles. The third kappa shape index (κ3) is 5.10. The van der Waals surface area contributed by atoms with Gasteiger partial charge < -0.3 is 4.74 Å². The number of aryl methyl sites for hydroxylation is 2. The van der Waals surface area contributed by atoms with Crippen LogP contribution in [0.2, 0.25) is 5.02 Å². The first-order valence-corrected chi connectivity index (χ1v) is 8.96. The minimum Gasteiger partial charge on any atom is -0.405 e. The Bertz CT molecular complexity index is 883. The van der Waals surface area contributed by atoms with Gasteiger partial charge in [0.15, 0.2) is 0 Å². The lowest BCUT2D eigenvalue weighted by atomic mass is 10.2. The molecule has 25 heavy (non-hydrogen) atoms. The van der Waals surface area contributed by atoms with Crippen molar-refractivity contribution in [2.45, 2.75) is 31.7 Å². The van der Waals surface area contributed by atoms with Gasteiger partial charge in [-0.1, -0.05) is 29.8 Å². The fourth-order valence-corrected chi connectivity index (χ4v) is 3.70. The van der Waals surface area contributed by atoms with Crippen LogP contribution in [0.15, 0.2) is 41.3 Å². The molecule has 0 spiro atoms. The van der Waals surface area contributed by atoms with E-state index in [1.807, 2.05) is 0 Å². The topological polar surface area (TPSA) is 55.4 Å². The SMILES string of the molecule is Cc1cc(S(=O)(=O)NCc2ccccc2OC(F)(F)F)c(C)cc1Cl. The Morgan fingerprint density at radius 2 is 1.76 bits per heavy atom. The van der Waals surface area contributed by atoms with Crippen molar-refractivity contribution in [2.24, 2.45) is 0 Å². The van der Waals surface area contributed by atoms with Crippen molar-refractivity contribution in [2.75, 3.05) is 0 Å². The molecule has 0 radical (unpaired) electrons. The van der Waals surface area contributed by atoms with Gasteiger partial charge in [0.25, 0.3) is 0 Å². The molecule has 2 rings (SSSR count). The molecule has 0 bridgehead atoms. The van der Waals surface area contributed by atoms with Crippen LogP contribution in [-0.4, -0.2) is 14.8 Å². The van der Waals surface area contributed by atoms with Crippen LogP contribution in [0.4, 0.5) is 13.2 Å². The van der Waals surface area contributed by atoms with Crippen molar-refractivity contribution >= 4 is 21.6 Å². The number of ether oxygens (including phenoxy) is 1. The molecular formula is C16H15ClF3NO3S. The van der Waals surface area contributed by atoms with Crippen LogP contribution >= 0.6 is 11.6 Å². The second-order valence-electron chi connectivity index (χ2n) is 5.35. The highest BCUT2D eigenvalue weighted by Gasteiger charge is 2.32. The zero-order chi connectivity index (χ0) is 18.8. The second kappa shape index (κ2) is 7.23. The maximum absolute atomic E-state index is 12.5. The fourth-order valence-electron chi connectivity index (χ4n) is 2.17. The van der Waals surface area contributed by atoms with E-state index in [1.165, 1.54) is 30.3 Å². The van der Waals surface area contributed by atoms with Gasteiger partial charge in [-0.3, -0.25) is 0 Å². The molecule has 0 fully saturated rings. The monoisotopic (exact) mass is 393 g/mol. The van der Waals surface area contributed by atoms with Crippen molar-refractivity contribution in [3.63, 3.8) is 0 Å². The van der Waals surface area contributed by atoms with Gasteiger partial charge >= 0.3 is 6.36 Å². The van der Waals surface area contributed by atoms with E-state index >= 15 is 0 Å². The van der Waals surface area contributed by atoms with E-state index < -0.39 is 22.1 Å². The Hall–Kier alpha value is -1.77. The van der Waals surface area contributed by atoms with E-state index in [-0.39, 0.29) is 17.0 Å². The average Bonchev–Trinajstić information content (AvgIpc) is 2.48. The number of sulfonamides is 1. The number of hydrogen-bond acceptors (Lipinski definition) is 3. The molecule has 0 saturated carbocycles. The maximum Gasteiger partial charge on any atom is 0.573 e. The molecule has 136 valence electrons. The largest absolute Gasteiger partial charge is 0.573 e. The molecule has 0 aliphatic carbocycles. The molecule has 0 heterocycles. The molecule has 0 saturated heterocycles. The molecule has 0 amide bonds. The molecule has 0 unspecified atom stereocenters. The molecule has 0 aliphatic heterocycles. The number of para-hydroxylation sites is 1. The Balaban J connectivity index is 2.26. The van der Waals surface area contributed by atoms with Gasteiger partial charge in [-0.25, -0.2) is 13.1 Å². The molecular weight excluding hydrogens is 379 g/mol. The molecule has 0 aromatic heterocycles. The summed E-state index contributed by atoms with van der Waals surface area (Å²) in [5.41, 5.74) is 1.07. The normalized spacial score (nSPS) is 12.2. The summed E-state index contributed by atoms with van der Waals surface area (Å²) in [4.78, 5) is 0.0172. The summed E-state index contributed by atoms with van der Waals surface area (Å²) in [5.74, 6) is -0.457. The van der Waals surface area contributed by atoms with E-state index in [0.717, 1.165) is 6.07 Å². The lowest BCUT2D eigenvalue weighted by Gasteiger charge is -2.15. The first-order chi connectivity index (χ1) is 11.5. The van der Waals surface area contributed by atoms with Crippen LogP contribution in [0.3, 0.4) is 0 Å². The predicted octanol–water partition coefficient (Wildman–Crippen LogP) is 4.33. The zero-order valence-electron chi connectivity index (χ0n) is 13.3. The Morgan fingerprint density at radius 3 is 2.40 bits per heavy atom. The summed E-state index contributed by atoms with van der Waals surface area (Å²) < 4.78 is 68.4. The average molecular weight is 394 g/mol. The van der Waals surface area contributed by atoms with Crippen LogP contribution < -0.4 is 9.46 Å².